The molecular formula is C18H21F3N6O4. The SMILES string of the molecule is CCOC(=O)N1CCC(NC(=O)c2cnn(-c3ccc(OC)nn3)c2C(F)(F)F)CC1. The number of alkyl halides is 3. The lowest BCUT2D eigenvalue weighted by molar-refractivity contribution is -0.143. The first-order valence-corrected chi connectivity index (χ1v) is 9.50. The zero-order chi connectivity index (χ0) is 22.6. The second kappa shape index (κ2) is 9.18. The smallest absolute Gasteiger partial charge is 0.434 e. The second-order valence-corrected chi connectivity index (χ2v) is 6.68. The van der Waals surface area contributed by atoms with E-state index < -0.39 is 29.4 Å². The topological polar surface area (TPSA) is 111 Å². The van der Waals surface area contributed by atoms with Crippen LogP contribution in [0.1, 0.15) is 35.8 Å². The number of carbonyl (C=O) groups is 2. The first kappa shape index (κ1) is 22.3. The lowest BCUT2D eigenvalue weighted by Gasteiger charge is -2.31. The molecule has 0 bridgehead atoms. The molecule has 2 aromatic rings. The van der Waals surface area contributed by atoms with E-state index in [0.717, 1.165) is 6.20 Å². The summed E-state index contributed by atoms with van der Waals surface area (Å²) in [5.74, 6) is -0.999. The van der Waals surface area contributed by atoms with Gasteiger partial charge in [0.1, 0.15) is 0 Å². The van der Waals surface area contributed by atoms with Gasteiger partial charge in [-0.05, 0) is 25.8 Å². The monoisotopic (exact) mass is 442 g/mol. The van der Waals surface area contributed by atoms with Crippen molar-refractivity contribution < 1.29 is 32.2 Å². The number of likely N-dealkylation sites (tertiary alicyclic amines) is 1. The Kier molecular flexibility index (Phi) is 6.61. The average Bonchev–Trinajstić information content (AvgIpc) is 3.20. The highest BCUT2D eigenvalue weighted by Crippen LogP contribution is 2.33. The molecule has 10 nitrogen and oxygen atoms in total. The van der Waals surface area contributed by atoms with Crippen molar-refractivity contribution in [1.82, 2.24) is 30.2 Å². The average molecular weight is 442 g/mol. The molecular weight excluding hydrogens is 421 g/mol. The van der Waals surface area contributed by atoms with E-state index >= 15 is 0 Å². The van der Waals surface area contributed by atoms with Gasteiger partial charge >= 0.3 is 12.3 Å². The van der Waals surface area contributed by atoms with Crippen molar-refractivity contribution in [2.45, 2.75) is 32.0 Å². The van der Waals surface area contributed by atoms with Crippen LogP contribution in [0.15, 0.2) is 18.3 Å². The number of nitrogens with zero attached hydrogens (tertiary/aromatic N) is 5. The normalized spacial score (nSPS) is 14.9. The highest BCUT2D eigenvalue weighted by molar-refractivity contribution is 5.95. The number of hydrogen-bond donors (Lipinski definition) is 1. The van der Waals surface area contributed by atoms with Gasteiger partial charge in [0.25, 0.3) is 5.91 Å². The van der Waals surface area contributed by atoms with Gasteiger partial charge < -0.3 is 19.7 Å². The third-order valence-electron chi connectivity index (χ3n) is 4.69. The van der Waals surface area contributed by atoms with Gasteiger partial charge in [-0.3, -0.25) is 4.79 Å². The Morgan fingerprint density at radius 1 is 1.23 bits per heavy atom. The molecule has 0 spiro atoms. The van der Waals surface area contributed by atoms with E-state index in [1.807, 2.05) is 0 Å². The van der Waals surface area contributed by atoms with E-state index in [0.29, 0.717) is 30.6 Å². The minimum Gasteiger partial charge on any atom is -0.480 e. The molecule has 0 atom stereocenters. The van der Waals surface area contributed by atoms with Gasteiger partial charge in [-0.2, -0.15) is 18.3 Å². The van der Waals surface area contributed by atoms with Crippen molar-refractivity contribution in [3.05, 3.63) is 29.6 Å². The van der Waals surface area contributed by atoms with Crippen molar-refractivity contribution in [3.8, 4) is 11.7 Å². The van der Waals surface area contributed by atoms with Crippen molar-refractivity contribution in [2.75, 3.05) is 26.8 Å². The van der Waals surface area contributed by atoms with Crippen LogP contribution in [0.4, 0.5) is 18.0 Å². The van der Waals surface area contributed by atoms with Gasteiger partial charge in [0.2, 0.25) is 5.88 Å². The van der Waals surface area contributed by atoms with Crippen LogP contribution < -0.4 is 10.1 Å². The molecule has 3 rings (SSSR count). The lowest BCUT2D eigenvalue weighted by atomic mass is 10.0. The number of aromatic nitrogens is 4. The molecule has 1 aliphatic heterocycles. The van der Waals surface area contributed by atoms with E-state index in [1.165, 1.54) is 24.1 Å². The number of hydrogen-bond acceptors (Lipinski definition) is 7. The highest BCUT2D eigenvalue weighted by atomic mass is 19.4. The van der Waals surface area contributed by atoms with Crippen LogP contribution in [0.25, 0.3) is 5.82 Å². The molecule has 1 aliphatic rings. The fraction of sp³-hybridized carbons (Fsp3) is 0.500. The van der Waals surface area contributed by atoms with Crippen LogP contribution in [0, 0.1) is 0 Å². The molecule has 0 unspecified atom stereocenters. The van der Waals surface area contributed by atoms with E-state index in [-0.39, 0.29) is 24.3 Å². The molecule has 1 N–H and O–H groups in total. The summed E-state index contributed by atoms with van der Waals surface area (Å²) in [5.41, 5.74) is -1.88. The van der Waals surface area contributed by atoms with Crippen LogP contribution in [0.3, 0.4) is 0 Å². The predicted molar refractivity (Wildman–Crippen MR) is 99.8 cm³/mol. The number of halogens is 3. The zero-order valence-corrected chi connectivity index (χ0v) is 16.8. The van der Waals surface area contributed by atoms with Gasteiger partial charge in [-0.1, -0.05) is 0 Å². The molecule has 1 fully saturated rings. The summed E-state index contributed by atoms with van der Waals surface area (Å²) < 4.78 is 51.5. The molecule has 0 aliphatic carbocycles. The first-order chi connectivity index (χ1) is 14.7. The number of methoxy groups -OCH3 is 1. The van der Waals surface area contributed by atoms with Crippen LogP contribution in [-0.2, 0) is 10.9 Å². The summed E-state index contributed by atoms with van der Waals surface area (Å²) in [7, 11) is 1.35. The summed E-state index contributed by atoms with van der Waals surface area (Å²) in [6.07, 6.45) is -3.68. The summed E-state index contributed by atoms with van der Waals surface area (Å²) in [6, 6.07) is 2.20. The number of ether oxygens (including phenoxy) is 2. The summed E-state index contributed by atoms with van der Waals surface area (Å²) in [5, 5.41) is 13.6. The van der Waals surface area contributed by atoms with E-state index in [9.17, 15) is 22.8 Å². The quantitative estimate of drug-likeness (QED) is 0.754. The van der Waals surface area contributed by atoms with Crippen LogP contribution in [0.2, 0.25) is 0 Å². The van der Waals surface area contributed by atoms with Crippen molar-refractivity contribution >= 4 is 12.0 Å². The van der Waals surface area contributed by atoms with E-state index in [4.69, 9.17) is 9.47 Å². The first-order valence-electron chi connectivity index (χ1n) is 9.50. The highest BCUT2D eigenvalue weighted by Gasteiger charge is 2.41. The molecule has 3 heterocycles. The van der Waals surface area contributed by atoms with Crippen molar-refractivity contribution in [3.63, 3.8) is 0 Å². The van der Waals surface area contributed by atoms with Crippen molar-refractivity contribution in [2.24, 2.45) is 0 Å². The number of rotatable bonds is 5. The second-order valence-electron chi connectivity index (χ2n) is 6.68. The van der Waals surface area contributed by atoms with Gasteiger partial charge in [-0.25, -0.2) is 9.48 Å². The maximum atomic E-state index is 13.8. The fourth-order valence-corrected chi connectivity index (χ4v) is 3.18. The van der Waals surface area contributed by atoms with Gasteiger partial charge in [0.15, 0.2) is 11.5 Å². The molecule has 13 heteroatoms. The molecule has 168 valence electrons. The minimum atomic E-state index is -4.86. The summed E-state index contributed by atoms with van der Waals surface area (Å²) in [4.78, 5) is 25.9. The largest absolute Gasteiger partial charge is 0.480 e. The molecule has 0 radical (unpaired) electrons. The molecule has 1 saturated heterocycles. The molecule has 31 heavy (non-hydrogen) atoms. The molecule has 0 saturated carbocycles. The van der Waals surface area contributed by atoms with Crippen LogP contribution in [-0.4, -0.2) is 69.7 Å². The Bertz CT molecular complexity index is 923. The van der Waals surface area contributed by atoms with E-state index in [2.05, 4.69) is 20.6 Å². The van der Waals surface area contributed by atoms with Crippen LogP contribution >= 0.6 is 0 Å². The Morgan fingerprint density at radius 2 is 1.94 bits per heavy atom. The van der Waals surface area contributed by atoms with Gasteiger partial charge in [0, 0.05) is 25.2 Å². The molecule has 2 amide bonds. The summed E-state index contributed by atoms with van der Waals surface area (Å²) >= 11 is 0. The van der Waals surface area contributed by atoms with Gasteiger partial charge in [-0.15, -0.1) is 10.2 Å². The molecule has 2 aromatic heterocycles. The summed E-state index contributed by atoms with van der Waals surface area (Å²) in [6.45, 7) is 2.60. The van der Waals surface area contributed by atoms with Crippen LogP contribution in [0.5, 0.6) is 5.88 Å². The number of carbonyl (C=O) groups excluding carboxylic acids is 2. The third kappa shape index (κ3) is 5.03. The number of nitrogens with one attached hydrogen (secondary N) is 1. The van der Waals surface area contributed by atoms with Gasteiger partial charge in [0.05, 0.1) is 25.5 Å². The lowest BCUT2D eigenvalue weighted by Crippen LogP contribution is -2.46. The number of piperidine rings is 1. The Morgan fingerprint density at radius 3 is 2.48 bits per heavy atom. The Balaban J connectivity index is 1.76. The van der Waals surface area contributed by atoms with E-state index in [1.54, 1.807) is 6.92 Å². The predicted octanol–water partition coefficient (Wildman–Crippen LogP) is 2.04. The minimum absolute atomic E-state index is 0.122. The fourth-order valence-electron chi connectivity index (χ4n) is 3.18. The standard InChI is InChI=1S/C18H21F3N6O4/c1-3-31-17(29)26-8-6-11(7-9-26)23-16(28)12-10-22-27(15(12)18(19,20)21)13-4-5-14(30-2)25-24-13/h4-5,10-11H,3,6-9H2,1-2H3,(H,23,28). The molecule has 0 aromatic carbocycles. The maximum absolute atomic E-state index is 13.8. The Hall–Kier alpha value is -3.38. The van der Waals surface area contributed by atoms with Crippen molar-refractivity contribution in [1.29, 1.82) is 0 Å². The zero-order valence-electron chi connectivity index (χ0n) is 16.8. The Labute approximate surface area is 175 Å². The number of amides is 2. The third-order valence-corrected chi connectivity index (χ3v) is 4.69. The maximum Gasteiger partial charge on any atom is 0.434 e.